The Morgan fingerprint density at radius 1 is 0.698 bits per heavy atom. The van der Waals surface area contributed by atoms with E-state index in [0.717, 1.165) is 94.2 Å². The molecule has 6 aromatic rings. The number of nitrogens with one attached hydrogen (secondary N) is 2. The van der Waals surface area contributed by atoms with Gasteiger partial charge in [-0.2, -0.15) is 10.2 Å². The fourth-order valence-corrected chi connectivity index (χ4v) is 5.85. The summed E-state index contributed by atoms with van der Waals surface area (Å²) in [4.78, 5) is 9.50. The van der Waals surface area contributed by atoms with Crippen molar-refractivity contribution < 1.29 is 14.2 Å². The van der Waals surface area contributed by atoms with E-state index >= 15 is 0 Å². The van der Waals surface area contributed by atoms with Crippen LogP contribution in [0.4, 0.5) is 11.5 Å². The fourth-order valence-electron chi connectivity index (χ4n) is 5.85. The number of nitrogens with zero attached hydrogens (tertiary/aromatic N) is 5. The molecule has 10 nitrogen and oxygen atoms in total. The minimum absolute atomic E-state index is 0.572. The smallest absolute Gasteiger partial charge is 0.176 e. The second-order valence-corrected chi connectivity index (χ2v) is 10.9. The topological polar surface area (TPSA) is 104 Å². The van der Waals surface area contributed by atoms with E-state index in [0.29, 0.717) is 25.5 Å². The Hall–Kier alpha value is -4.77. The highest BCUT2D eigenvalue weighted by Gasteiger charge is 2.27. The number of H-pyrrole nitrogens is 2. The van der Waals surface area contributed by atoms with E-state index in [9.17, 15) is 0 Å². The van der Waals surface area contributed by atoms with Crippen molar-refractivity contribution in [3.8, 4) is 33.8 Å². The number of fused-ring (bicyclic) bond motifs is 4. The summed E-state index contributed by atoms with van der Waals surface area (Å²) in [6.07, 6.45) is 5.59. The zero-order chi connectivity index (χ0) is 28.6. The predicted molar refractivity (Wildman–Crippen MR) is 166 cm³/mol. The lowest BCUT2D eigenvalue weighted by Gasteiger charge is -2.32. The van der Waals surface area contributed by atoms with Crippen molar-refractivity contribution in [2.75, 3.05) is 57.5 Å². The Labute approximate surface area is 248 Å². The summed E-state index contributed by atoms with van der Waals surface area (Å²) in [5.41, 5.74) is 7.19. The molecule has 2 aliphatic heterocycles. The number of rotatable bonds is 8. The van der Waals surface area contributed by atoms with Crippen molar-refractivity contribution in [2.24, 2.45) is 0 Å². The molecule has 3 aromatic heterocycles. The first-order valence-corrected chi connectivity index (χ1v) is 14.6. The molecule has 43 heavy (non-hydrogen) atoms. The van der Waals surface area contributed by atoms with Gasteiger partial charge in [0.1, 0.15) is 0 Å². The van der Waals surface area contributed by atoms with Gasteiger partial charge in [-0.1, -0.05) is 18.2 Å². The molecule has 2 aliphatic rings. The number of hydrogen-bond donors (Lipinski definition) is 2. The van der Waals surface area contributed by atoms with Gasteiger partial charge in [0, 0.05) is 48.7 Å². The van der Waals surface area contributed by atoms with Gasteiger partial charge in [-0.25, -0.2) is 4.98 Å². The first-order valence-electron chi connectivity index (χ1n) is 14.6. The number of aromatic amines is 2. The Bertz CT molecular complexity index is 1790. The van der Waals surface area contributed by atoms with Gasteiger partial charge < -0.3 is 19.1 Å². The van der Waals surface area contributed by atoms with Gasteiger partial charge in [0.2, 0.25) is 0 Å². The molecule has 1 saturated heterocycles. The molecule has 0 amide bonds. The molecule has 0 unspecified atom stereocenters. The van der Waals surface area contributed by atoms with Crippen LogP contribution in [-0.2, 0) is 9.47 Å². The average molecular weight is 574 g/mol. The highest BCUT2D eigenvalue weighted by molar-refractivity contribution is 5.87. The minimum Gasteiger partial charge on any atom is -0.451 e. The summed E-state index contributed by atoms with van der Waals surface area (Å²) in [6.45, 7) is 6.33. The van der Waals surface area contributed by atoms with Crippen LogP contribution in [-0.4, -0.2) is 82.9 Å². The van der Waals surface area contributed by atoms with Gasteiger partial charge >= 0.3 is 0 Å². The lowest BCUT2D eigenvalue weighted by Crippen LogP contribution is -2.38. The highest BCUT2D eigenvalue weighted by atomic mass is 16.5. The third-order valence-electron chi connectivity index (χ3n) is 8.22. The molecule has 0 atom stereocenters. The molecular formula is C33H31N7O3. The molecule has 2 N–H and O–H groups in total. The van der Waals surface area contributed by atoms with Crippen LogP contribution in [0.15, 0.2) is 79.3 Å². The molecule has 216 valence electrons. The maximum Gasteiger partial charge on any atom is 0.176 e. The Morgan fingerprint density at radius 2 is 1.35 bits per heavy atom. The third kappa shape index (κ3) is 5.10. The van der Waals surface area contributed by atoms with Crippen LogP contribution in [0, 0.1) is 0 Å². The Balaban J connectivity index is 1.09. The summed E-state index contributed by atoms with van der Waals surface area (Å²) in [6, 6.07) is 21.0. The molecule has 0 spiro atoms. The van der Waals surface area contributed by atoms with E-state index < -0.39 is 0 Å². The zero-order valence-electron chi connectivity index (χ0n) is 23.6. The monoisotopic (exact) mass is 573 g/mol. The molecule has 10 heteroatoms. The molecule has 3 aromatic carbocycles. The van der Waals surface area contributed by atoms with Gasteiger partial charge in [0.15, 0.2) is 17.3 Å². The fraction of sp³-hybridized carbons (Fsp3) is 0.242. The molecule has 0 radical (unpaired) electrons. The van der Waals surface area contributed by atoms with Crippen molar-refractivity contribution in [2.45, 2.75) is 0 Å². The summed E-state index contributed by atoms with van der Waals surface area (Å²) in [5.74, 6) is 2.29. The third-order valence-corrected chi connectivity index (χ3v) is 8.22. The van der Waals surface area contributed by atoms with Crippen molar-refractivity contribution in [1.29, 1.82) is 0 Å². The van der Waals surface area contributed by atoms with Crippen LogP contribution in [0.25, 0.3) is 44.1 Å². The molecule has 1 fully saturated rings. The Morgan fingerprint density at radius 3 is 2.12 bits per heavy atom. The van der Waals surface area contributed by atoms with E-state index in [4.69, 9.17) is 19.2 Å². The largest absolute Gasteiger partial charge is 0.451 e. The van der Waals surface area contributed by atoms with Crippen LogP contribution in [0.3, 0.4) is 0 Å². The number of pyridine rings is 1. The van der Waals surface area contributed by atoms with E-state index in [2.05, 4.69) is 84.8 Å². The Kier molecular flexibility index (Phi) is 6.71. The summed E-state index contributed by atoms with van der Waals surface area (Å²) < 4.78 is 18.2. The maximum atomic E-state index is 6.58. The normalized spacial score (nSPS) is 15.0. The van der Waals surface area contributed by atoms with Crippen LogP contribution < -0.4 is 9.64 Å². The van der Waals surface area contributed by atoms with Crippen molar-refractivity contribution in [3.05, 3.63) is 79.3 Å². The number of ether oxygens (including phenoxy) is 3. The minimum atomic E-state index is 0.572. The quantitative estimate of drug-likeness (QED) is 0.222. The first kappa shape index (κ1) is 25.9. The summed E-state index contributed by atoms with van der Waals surface area (Å²) in [7, 11) is 0. The number of benzene rings is 3. The van der Waals surface area contributed by atoms with E-state index in [-0.39, 0.29) is 0 Å². The van der Waals surface area contributed by atoms with E-state index in [1.807, 2.05) is 24.7 Å². The van der Waals surface area contributed by atoms with Crippen molar-refractivity contribution in [3.63, 3.8) is 0 Å². The average Bonchev–Trinajstić information content (AvgIpc) is 3.73. The van der Waals surface area contributed by atoms with Crippen LogP contribution in [0.2, 0.25) is 0 Å². The first-order chi connectivity index (χ1) is 21.3. The molecule has 5 heterocycles. The van der Waals surface area contributed by atoms with Crippen molar-refractivity contribution in [1.82, 2.24) is 30.3 Å². The van der Waals surface area contributed by atoms with Gasteiger partial charge in [0.25, 0.3) is 0 Å². The maximum absolute atomic E-state index is 6.58. The highest BCUT2D eigenvalue weighted by Crippen LogP contribution is 2.48. The zero-order valence-corrected chi connectivity index (χ0v) is 23.6. The van der Waals surface area contributed by atoms with Gasteiger partial charge in [0.05, 0.1) is 55.5 Å². The summed E-state index contributed by atoms with van der Waals surface area (Å²) in [5, 5.41) is 16.5. The molecule has 0 saturated carbocycles. The molecular weight excluding hydrogens is 542 g/mol. The van der Waals surface area contributed by atoms with E-state index in [1.165, 1.54) is 0 Å². The predicted octanol–water partition coefficient (Wildman–Crippen LogP) is 5.76. The van der Waals surface area contributed by atoms with Crippen LogP contribution in [0.1, 0.15) is 0 Å². The molecule has 0 aliphatic carbocycles. The summed E-state index contributed by atoms with van der Waals surface area (Å²) >= 11 is 0. The number of aromatic nitrogens is 5. The number of hydrogen-bond acceptors (Lipinski definition) is 8. The molecule has 0 bridgehead atoms. The SMILES string of the molecule is c1cc2c(cc1-c1ccc3[nH]ncc3c1)Oc1cc(-c3ccc4[nH]ncc4c3)cnc1N2CCOCCN1CCOCC1. The van der Waals surface area contributed by atoms with Crippen LogP contribution >= 0.6 is 0 Å². The van der Waals surface area contributed by atoms with Gasteiger partial charge in [-0.05, 0) is 59.2 Å². The second kappa shape index (κ2) is 11.1. The second-order valence-electron chi connectivity index (χ2n) is 10.9. The van der Waals surface area contributed by atoms with Gasteiger partial charge in [-0.15, -0.1) is 0 Å². The van der Waals surface area contributed by atoms with Crippen LogP contribution in [0.5, 0.6) is 11.5 Å². The number of anilines is 2. The van der Waals surface area contributed by atoms with E-state index in [1.54, 1.807) is 0 Å². The lowest BCUT2D eigenvalue weighted by molar-refractivity contribution is 0.0213. The standard InChI is InChI=1S/C33H31N7O3/c1-4-28-26(20-35-37-28)15-22(1)24-3-6-30-31(17-24)43-32-18-25(23-2-5-29-27(16-23)21-36-38-29)19-34-33(32)40(30)10-14-42-13-9-39-7-11-41-12-8-39/h1-6,15-21H,7-14H2,(H,35,37)(H,36,38). The lowest BCUT2D eigenvalue weighted by atomic mass is 10.0. The number of morpholine rings is 1. The van der Waals surface area contributed by atoms with Gasteiger partial charge in [-0.3, -0.25) is 15.1 Å². The van der Waals surface area contributed by atoms with Crippen molar-refractivity contribution >= 4 is 33.3 Å². The molecule has 8 rings (SSSR count).